The molecule has 0 saturated heterocycles. The first-order chi connectivity index (χ1) is 12.9. The number of hydrogen-bond acceptors (Lipinski definition) is 1. The number of aryl methyl sites for hydroxylation is 3. The standard InChI is InChI=1S/C23H29N3S/c1-6-25-14-19(20-12-7-8-13-21(20)25)15-26(16(2)3)23(27)24-22-17(4)10-9-11-18(22)5/h7-14,16H,6,15H2,1-5H3,(H,24,27). The van der Waals surface area contributed by atoms with Gasteiger partial charge in [0.25, 0.3) is 0 Å². The molecule has 27 heavy (non-hydrogen) atoms. The van der Waals surface area contributed by atoms with Crippen LogP contribution in [0.3, 0.4) is 0 Å². The van der Waals surface area contributed by atoms with Crippen LogP contribution in [-0.2, 0) is 13.1 Å². The first kappa shape index (κ1) is 19.4. The lowest BCUT2D eigenvalue weighted by Crippen LogP contribution is -2.39. The van der Waals surface area contributed by atoms with Gasteiger partial charge in [-0.05, 0) is 69.6 Å². The summed E-state index contributed by atoms with van der Waals surface area (Å²) in [7, 11) is 0. The van der Waals surface area contributed by atoms with E-state index in [9.17, 15) is 0 Å². The maximum absolute atomic E-state index is 5.82. The zero-order valence-electron chi connectivity index (χ0n) is 16.9. The van der Waals surface area contributed by atoms with Crippen LogP contribution in [0.25, 0.3) is 10.9 Å². The number of rotatable bonds is 5. The van der Waals surface area contributed by atoms with Crippen LogP contribution in [0.5, 0.6) is 0 Å². The molecule has 0 spiro atoms. The van der Waals surface area contributed by atoms with Gasteiger partial charge in [-0.15, -0.1) is 0 Å². The average Bonchev–Trinajstić information content (AvgIpc) is 3.00. The van der Waals surface area contributed by atoms with E-state index in [0.29, 0.717) is 6.04 Å². The second kappa shape index (κ2) is 8.13. The zero-order chi connectivity index (χ0) is 19.6. The molecule has 3 nitrogen and oxygen atoms in total. The molecule has 0 aliphatic carbocycles. The lowest BCUT2D eigenvalue weighted by molar-refractivity contribution is 0.349. The average molecular weight is 380 g/mol. The third-order valence-electron chi connectivity index (χ3n) is 5.15. The number of nitrogens with one attached hydrogen (secondary N) is 1. The van der Waals surface area contributed by atoms with Crippen LogP contribution in [0.1, 0.15) is 37.5 Å². The van der Waals surface area contributed by atoms with Gasteiger partial charge in [0.2, 0.25) is 0 Å². The molecular formula is C23H29N3S. The van der Waals surface area contributed by atoms with Crippen molar-refractivity contribution in [3.63, 3.8) is 0 Å². The SMILES string of the molecule is CCn1cc(CN(C(=S)Nc2c(C)cccc2C)C(C)C)c2ccccc21. The van der Waals surface area contributed by atoms with E-state index in [1.807, 2.05) is 0 Å². The summed E-state index contributed by atoms with van der Waals surface area (Å²) in [5, 5.41) is 5.58. The van der Waals surface area contributed by atoms with Crippen LogP contribution in [0.2, 0.25) is 0 Å². The smallest absolute Gasteiger partial charge is 0.173 e. The summed E-state index contributed by atoms with van der Waals surface area (Å²) in [6, 6.07) is 15.2. The maximum atomic E-state index is 5.82. The van der Waals surface area contributed by atoms with E-state index in [1.165, 1.54) is 27.6 Å². The predicted octanol–water partition coefficient (Wildman–Crippen LogP) is 5.89. The molecule has 0 aliphatic heterocycles. The highest BCUT2D eigenvalue weighted by molar-refractivity contribution is 7.80. The van der Waals surface area contributed by atoms with Crippen molar-refractivity contribution < 1.29 is 0 Å². The third kappa shape index (κ3) is 4.01. The van der Waals surface area contributed by atoms with Gasteiger partial charge in [0, 0.05) is 41.9 Å². The molecule has 0 unspecified atom stereocenters. The van der Waals surface area contributed by atoms with E-state index in [0.717, 1.165) is 23.9 Å². The Hall–Kier alpha value is -2.33. The highest BCUT2D eigenvalue weighted by atomic mass is 32.1. The van der Waals surface area contributed by atoms with Gasteiger partial charge in [-0.3, -0.25) is 0 Å². The second-order valence-corrected chi connectivity index (χ2v) is 7.76. The van der Waals surface area contributed by atoms with Crippen LogP contribution in [-0.4, -0.2) is 20.6 Å². The molecule has 142 valence electrons. The Labute approximate surface area is 168 Å². The number of thiocarbonyl (C=S) groups is 1. The molecule has 2 aromatic carbocycles. The Morgan fingerprint density at radius 1 is 1.07 bits per heavy atom. The lowest BCUT2D eigenvalue weighted by Gasteiger charge is -2.30. The van der Waals surface area contributed by atoms with Crippen LogP contribution >= 0.6 is 12.2 Å². The molecule has 1 N–H and O–H groups in total. The Morgan fingerprint density at radius 3 is 2.37 bits per heavy atom. The van der Waals surface area contributed by atoms with E-state index >= 15 is 0 Å². The van der Waals surface area contributed by atoms with Gasteiger partial charge in [-0.25, -0.2) is 0 Å². The largest absolute Gasteiger partial charge is 0.347 e. The molecule has 3 rings (SSSR count). The summed E-state index contributed by atoms with van der Waals surface area (Å²) in [6.45, 7) is 12.6. The second-order valence-electron chi connectivity index (χ2n) is 7.38. The highest BCUT2D eigenvalue weighted by Gasteiger charge is 2.18. The normalized spacial score (nSPS) is 11.2. The van der Waals surface area contributed by atoms with Crippen LogP contribution in [0.4, 0.5) is 5.69 Å². The van der Waals surface area contributed by atoms with Crippen molar-refractivity contribution in [2.75, 3.05) is 5.32 Å². The zero-order valence-corrected chi connectivity index (χ0v) is 17.7. The summed E-state index contributed by atoms with van der Waals surface area (Å²) in [5.74, 6) is 0. The van der Waals surface area contributed by atoms with Gasteiger partial charge in [-0.1, -0.05) is 36.4 Å². The molecule has 0 atom stereocenters. The van der Waals surface area contributed by atoms with Crippen molar-refractivity contribution in [3.8, 4) is 0 Å². The van der Waals surface area contributed by atoms with Gasteiger partial charge in [0.05, 0.1) is 0 Å². The predicted molar refractivity (Wildman–Crippen MR) is 120 cm³/mol. The summed E-state index contributed by atoms with van der Waals surface area (Å²) >= 11 is 5.82. The van der Waals surface area contributed by atoms with Crippen molar-refractivity contribution in [1.29, 1.82) is 0 Å². The minimum absolute atomic E-state index is 0.304. The van der Waals surface area contributed by atoms with Gasteiger partial charge in [0.15, 0.2) is 5.11 Å². The number of hydrogen-bond donors (Lipinski definition) is 1. The molecule has 0 bridgehead atoms. The van der Waals surface area contributed by atoms with Gasteiger partial charge in [-0.2, -0.15) is 0 Å². The first-order valence-corrected chi connectivity index (χ1v) is 10.0. The van der Waals surface area contributed by atoms with Crippen molar-refractivity contribution >= 4 is 33.9 Å². The summed E-state index contributed by atoms with van der Waals surface area (Å²) in [4.78, 5) is 2.27. The van der Waals surface area contributed by atoms with E-state index in [-0.39, 0.29) is 0 Å². The lowest BCUT2D eigenvalue weighted by atomic mass is 10.1. The van der Waals surface area contributed by atoms with Gasteiger partial charge >= 0.3 is 0 Å². The fourth-order valence-corrected chi connectivity index (χ4v) is 3.95. The number of anilines is 1. The molecule has 0 fully saturated rings. The van der Waals surface area contributed by atoms with E-state index in [4.69, 9.17) is 12.2 Å². The van der Waals surface area contributed by atoms with Crippen LogP contribution < -0.4 is 5.32 Å². The Balaban J connectivity index is 1.90. The fourth-order valence-electron chi connectivity index (χ4n) is 3.57. The number of fused-ring (bicyclic) bond motifs is 1. The van der Waals surface area contributed by atoms with Crippen LogP contribution in [0.15, 0.2) is 48.7 Å². The van der Waals surface area contributed by atoms with Crippen molar-refractivity contribution in [3.05, 3.63) is 65.4 Å². The molecule has 1 aromatic heterocycles. The van der Waals surface area contributed by atoms with Gasteiger partial charge < -0.3 is 14.8 Å². The van der Waals surface area contributed by atoms with Crippen molar-refractivity contribution in [1.82, 2.24) is 9.47 Å². The number of nitrogens with zero attached hydrogens (tertiary/aromatic N) is 2. The van der Waals surface area contributed by atoms with Crippen LogP contribution in [0, 0.1) is 13.8 Å². The topological polar surface area (TPSA) is 20.2 Å². The number of aromatic nitrogens is 1. The summed E-state index contributed by atoms with van der Waals surface area (Å²) in [6.07, 6.45) is 2.27. The number of benzene rings is 2. The summed E-state index contributed by atoms with van der Waals surface area (Å²) < 4.78 is 2.31. The molecule has 3 aromatic rings. The Kier molecular flexibility index (Phi) is 5.85. The van der Waals surface area contributed by atoms with E-state index in [2.05, 4.69) is 98.1 Å². The minimum atomic E-state index is 0.304. The van der Waals surface area contributed by atoms with Crippen molar-refractivity contribution in [2.45, 2.75) is 53.8 Å². The minimum Gasteiger partial charge on any atom is -0.347 e. The Morgan fingerprint density at radius 2 is 1.74 bits per heavy atom. The summed E-state index contributed by atoms with van der Waals surface area (Å²) in [5.41, 5.74) is 6.13. The molecule has 4 heteroatoms. The molecule has 0 saturated carbocycles. The van der Waals surface area contributed by atoms with Crippen molar-refractivity contribution in [2.24, 2.45) is 0 Å². The van der Waals surface area contributed by atoms with E-state index < -0.39 is 0 Å². The van der Waals surface area contributed by atoms with E-state index in [1.54, 1.807) is 0 Å². The fraction of sp³-hybridized carbons (Fsp3) is 0.348. The molecule has 0 amide bonds. The Bertz CT molecular complexity index is 935. The quantitative estimate of drug-likeness (QED) is 0.559. The molecule has 0 radical (unpaired) electrons. The maximum Gasteiger partial charge on any atom is 0.173 e. The van der Waals surface area contributed by atoms with Gasteiger partial charge in [0.1, 0.15) is 0 Å². The molecular weight excluding hydrogens is 350 g/mol. The number of para-hydroxylation sites is 2. The highest BCUT2D eigenvalue weighted by Crippen LogP contribution is 2.25. The monoisotopic (exact) mass is 379 g/mol. The molecule has 0 aliphatic rings. The molecule has 1 heterocycles. The third-order valence-corrected chi connectivity index (χ3v) is 5.49. The first-order valence-electron chi connectivity index (χ1n) is 9.63.